The lowest BCUT2D eigenvalue weighted by Gasteiger charge is -2.31. The van der Waals surface area contributed by atoms with E-state index in [0.717, 1.165) is 31.7 Å². The van der Waals surface area contributed by atoms with Crippen LogP contribution in [0.4, 0.5) is 5.82 Å². The highest BCUT2D eigenvalue weighted by molar-refractivity contribution is 7.89. The number of H-pyrrole nitrogens is 1. The Labute approximate surface area is 165 Å². The van der Waals surface area contributed by atoms with E-state index in [1.165, 1.54) is 10.4 Å². The molecule has 148 valence electrons. The highest BCUT2D eigenvalue weighted by atomic mass is 32.2. The van der Waals surface area contributed by atoms with Gasteiger partial charge in [0, 0.05) is 24.7 Å². The largest absolute Gasteiger partial charge is 0.331 e. The molecule has 0 atom stereocenters. The molecule has 4 rings (SSSR count). The number of benzene rings is 1. The van der Waals surface area contributed by atoms with Crippen LogP contribution >= 0.6 is 0 Å². The number of aromatic nitrogens is 1. The third kappa shape index (κ3) is 3.74. The van der Waals surface area contributed by atoms with Crippen LogP contribution in [0, 0.1) is 0 Å². The van der Waals surface area contributed by atoms with Gasteiger partial charge < -0.3 is 4.90 Å². The van der Waals surface area contributed by atoms with Crippen LogP contribution < -0.4 is 9.88 Å². The number of carbonyl (C=O) groups excluding carboxylic acids is 1. The first-order chi connectivity index (χ1) is 13.6. The minimum atomic E-state index is -3.52. The lowest BCUT2D eigenvalue weighted by molar-refractivity contribution is -0.364. The van der Waals surface area contributed by atoms with Gasteiger partial charge in [0.1, 0.15) is 13.1 Å². The quantitative estimate of drug-likeness (QED) is 0.773. The number of rotatable bonds is 4. The first kappa shape index (κ1) is 18.9. The van der Waals surface area contributed by atoms with Crippen molar-refractivity contribution in [1.29, 1.82) is 0 Å². The molecule has 2 saturated heterocycles. The molecule has 3 heterocycles. The van der Waals surface area contributed by atoms with E-state index in [1.807, 2.05) is 24.4 Å². The van der Waals surface area contributed by atoms with Gasteiger partial charge in [-0.3, -0.25) is 9.69 Å². The van der Waals surface area contributed by atoms with Gasteiger partial charge in [-0.1, -0.05) is 12.1 Å². The highest BCUT2D eigenvalue weighted by Crippen LogP contribution is 2.22. The standard InChI is InChI=1S/C20H24N4O3S/c25-20(23-14-12-22(13-15-23)19-8-1-2-9-21-19)17-6-5-7-18(16-17)28(26,27)24-10-3-4-11-24/h1-2,5-9,16H,3-4,10-15H2/p+1. The molecular formula is C20H25N4O3S+. The van der Waals surface area contributed by atoms with Crippen LogP contribution in [0.2, 0.25) is 0 Å². The highest BCUT2D eigenvalue weighted by Gasteiger charge is 2.30. The van der Waals surface area contributed by atoms with Crippen LogP contribution in [0.25, 0.3) is 0 Å². The molecule has 0 spiro atoms. The van der Waals surface area contributed by atoms with Crippen molar-refractivity contribution >= 4 is 21.7 Å². The lowest BCUT2D eigenvalue weighted by atomic mass is 10.2. The van der Waals surface area contributed by atoms with E-state index in [2.05, 4.69) is 9.88 Å². The summed E-state index contributed by atoms with van der Waals surface area (Å²) in [7, 11) is -3.52. The van der Waals surface area contributed by atoms with Crippen LogP contribution in [-0.4, -0.2) is 62.8 Å². The maximum absolute atomic E-state index is 12.9. The molecule has 0 aliphatic carbocycles. The summed E-state index contributed by atoms with van der Waals surface area (Å²) >= 11 is 0. The van der Waals surface area contributed by atoms with Gasteiger partial charge in [0.25, 0.3) is 11.7 Å². The van der Waals surface area contributed by atoms with E-state index < -0.39 is 10.0 Å². The number of carbonyl (C=O) groups is 1. The molecule has 1 N–H and O–H groups in total. The van der Waals surface area contributed by atoms with Crippen molar-refractivity contribution in [3.05, 3.63) is 54.2 Å². The molecule has 1 amide bonds. The summed E-state index contributed by atoms with van der Waals surface area (Å²) in [6.45, 7) is 3.78. The van der Waals surface area contributed by atoms with Gasteiger partial charge in [0.05, 0.1) is 24.2 Å². The Bertz CT molecular complexity index is 935. The molecule has 0 saturated carbocycles. The van der Waals surface area contributed by atoms with Crippen molar-refractivity contribution in [3.63, 3.8) is 0 Å². The van der Waals surface area contributed by atoms with Gasteiger partial charge in [-0.25, -0.2) is 13.4 Å². The number of nitrogens with one attached hydrogen (secondary N) is 1. The predicted octanol–water partition coefficient (Wildman–Crippen LogP) is 1.25. The summed E-state index contributed by atoms with van der Waals surface area (Å²) in [5.41, 5.74) is 0.431. The first-order valence-electron chi connectivity index (χ1n) is 9.67. The summed E-state index contributed by atoms with van der Waals surface area (Å²) in [6, 6.07) is 12.4. The molecule has 28 heavy (non-hydrogen) atoms. The van der Waals surface area contributed by atoms with Crippen molar-refractivity contribution in [2.24, 2.45) is 0 Å². The fraction of sp³-hybridized carbons (Fsp3) is 0.400. The summed E-state index contributed by atoms with van der Waals surface area (Å²) in [5.74, 6) is 0.920. The number of hydrogen-bond acceptors (Lipinski definition) is 4. The molecule has 0 radical (unpaired) electrons. The van der Waals surface area contributed by atoms with E-state index in [4.69, 9.17) is 0 Å². The summed E-state index contributed by atoms with van der Waals surface area (Å²) < 4.78 is 27.1. The Hall–Kier alpha value is -2.45. The molecule has 2 fully saturated rings. The smallest absolute Gasteiger partial charge is 0.274 e. The Balaban J connectivity index is 1.46. The van der Waals surface area contributed by atoms with Gasteiger partial charge in [0.2, 0.25) is 10.0 Å². The minimum absolute atomic E-state index is 0.116. The van der Waals surface area contributed by atoms with E-state index >= 15 is 0 Å². The zero-order chi connectivity index (χ0) is 19.6. The Morgan fingerprint density at radius 3 is 2.32 bits per heavy atom. The second-order valence-corrected chi connectivity index (χ2v) is 9.10. The summed E-state index contributed by atoms with van der Waals surface area (Å²) in [6.07, 6.45) is 3.67. The van der Waals surface area contributed by atoms with Crippen molar-refractivity contribution in [1.82, 2.24) is 9.21 Å². The SMILES string of the molecule is O=C(c1cccc(S(=O)(=O)N2CCCC2)c1)N1CCN(c2cccc[nH+]2)CC1. The van der Waals surface area contributed by atoms with E-state index in [0.29, 0.717) is 31.7 Å². The zero-order valence-corrected chi connectivity index (χ0v) is 16.6. The molecule has 7 nitrogen and oxygen atoms in total. The summed E-state index contributed by atoms with van der Waals surface area (Å²) in [5, 5.41) is 0. The molecule has 2 aromatic rings. The molecule has 1 aromatic heterocycles. The van der Waals surface area contributed by atoms with Crippen molar-refractivity contribution in [2.75, 3.05) is 44.2 Å². The second kappa shape index (κ2) is 7.89. The van der Waals surface area contributed by atoms with Crippen LogP contribution in [0.15, 0.2) is 53.6 Å². The maximum atomic E-state index is 12.9. The van der Waals surface area contributed by atoms with Gasteiger partial charge in [-0.15, -0.1) is 0 Å². The van der Waals surface area contributed by atoms with Crippen LogP contribution in [0.1, 0.15) is 23.2 Å². The predicted molar refractivity (Wildman–Crippen MR) is 106 cm³/mol. The van der Waals surface area contributed by atoms with Gasteiger partial charge in [-0.05, 0) is 37.1 Å². The first-order valence-corrected chi connectivity index (χ1v) is 11.1. The van der Waals surface area contributed by atoms with Crippen molar-refractivity contribution in [3.8, 4) is 0 Å². The van der Waals surface area contributed by atoms with Gasteiger partial charge >= 0.3 is 0 Å². The Morgan fingerprint density at radius 2 is 1.64 bits per heavy atom. The van der Waals surface area contributed by atoms with E-state index in [-0.39, 0.29) is 10.8 Å². The molecule has 8 heteroatoms. The van der Waals surface area contributed by atoms with Crippen LogP contribution in [0.3, 0.4) is 0 Å². The van der Waals surface area contributed by atoms with E-state index in [9.17, 15) is 13.2 Å². The van der Waals surface area contributed by atoms with Gasteiger partial charge in [-0.2, -0.15) is 4.31 Å². The fourth-order valence-electron chi connectivity index (χ4n) is 3.78. The third-order valence-electron chi connectivity index (χ3n) is 5.38. The second-order valence-electron chi connectivity index (χ2n) is 7.17. The number of amides is 1. The topological polar surface area (TPSA) is 75.1 Å². The van der Waals surface area contributed by atoms with Crippen molar-refractivity contribution < 1.29 is 18.2 Å². The van der Waals surface area contributed by atoms with Crippen LogP contribution in [-0.2, 0) is 10.0 Å². The number of hydrogen-bond donors (Lipinski definition) is 0. The number of pyridine rings is 1. The molecule has 0 unspecified atom stereocenters. The molecular weight excluding hydrogens is 376 g/mol. The third-order valence-corrected chi connectivity index (χ3v) is 7.28. The van der Waals surface area contributed by atoms with Crippen molar-refractivity contribution in [2.45, 2.75) is 17.7 Å². The molecule has 0 bridgehead atoms. The monoisotopic (exact) mass is 401 g/mol. The fourth-order valence-corrected chi connectivity index (χ4v) is 5.34. The summed E-state index contributed by atoms with van der Waals surface area (Å²) in [4.78, 5) is 20.4. The number of sulfonamides is 1. The normalized spacial score (nSPS) is 18.4. The number of nitrogens with zero attached hydrogens (tertiary/aromatic N) is 3. The van der Waals surface area contributed by atoms with Gasteiger partial charge in [0.15, 0.2) is 0 Å². The number of piperazine rings is 1. The number of aromatic amines is 1. The van der Waals surface area contributed by atoms with Crippen LogP contribution in [0.5, 0.6) is 0 Å². The average Bonchev–Trinajstić information content (AvgIpc) is 3.30. The molecule has 1 aromatic carbocycles. The minimum Gasteiger partial charge on any atom is -0.331 e. The maximum Gasteiger partial charge on any atom is 0.274 e. The van der Waals surface area contributed by atoms with E-state index in [1.54, 1.807) is 23.1 Å². The molecule has 2 aliphatic heterocycles. The number of anilines is 1. The molecule has 2 aliphatic rings. The lowest BCUT2D eigenvalue weighted by Crippen LogP contribution is -2.50. The zero-order valence-electron chi connectivity index (χ0n) is 15.8. The Kier molecular flexibility index (Phi) is 5.32. The average molecular weight is 402 g/mol. The Morgan fingerprint density at radius 1 is 0.893 bits per heavy atom.